The van der Waals surface area contributed by atoms with E-state index in [4.69, 9.17) is 21.1 Å². The predicted octanol–water partition coefficient (Wildman–Crippen LogP) is 6.21. The number of nitro benzene ring substituents is 1. The number of amides is 2. The van der Waals surface area contributed by atoms with Crippen molar-refractivity contribution < 1.29 is 28.4 Å². The molecule has 1 heterocycles. The van der Waals surface area contributed by atoms with Crippen molar-refractivity contribution in [1.82, 2.24) is 4.90 Å². The summed E-state index contributed by atoms with van der Waals surface area (Å²) >= 11 is 6.78. The molecule has 0 aliphatic carbocycles. The molecule has 0 radical (unpaired) electrons. The largest absolute Gasteiger partial charge is 0.493 e. The average Bonchev–Trinajstić information content (AvgIpc) is 3.11. The van der Waals surface area contributed by atoms with Crippen LogP contribution in [-0.2, 0) is 17.9 Å². The first-order valence-corrected chi connectivity index (χ1v) is 11.7. The van der Waals surface area contributed by atoms with Gasteiger partial charge in [-0.15, -0.1) is 0 Å². The molecule has 0 unspecified atom stereocenters. The van der Waals surface area contributed by atoms with Gasteiger partial charge in [0.15, 0.2) is 11.5 Å². The zero-order valence-electron chi connectivity index (χ0n) is 18.8. The number of hydrogen-bond acceptors (Lipinski definition) is 7. The van der Waals surface area contributed by atoms with Crippen molar-refractivity contribution in [2.75, 3.05) is 7.11 Å². The SMILES string of the molecule is COc1cc(/C=C2\SC(=O)N(Cc3ccccc3[N+](=O)[O-])C2=O)ccc1OCc1c(F)cccc1Cl. The number of imide groups is 1. The first-order valence-electron chi connectivity index (χ1n) is 10.5. The molecular formula is C25H18ClFN2O6S. The molecule has 2 amide bonds. The van der Waals surface area contributed by atoms with E-state index in [1.807, 2.05) is 0 Å². The minimum Gasteiger partial charge on any atom is -0.493 e. The number of carbonyl (C=O) groups excluding carboxylic acids is 2. The molecule has 0 spiro atoms. The third-order valence-electron chi connectivity index (χ3n) is 5.31. The summed E-state index contributed by atoms with van der Waals surface area (Å²) < 4.78 is 25.1. The van der Waals surface area contributed by atoms with Crippen molar-refractivity contribution in [3.05, 3.63) is 103 Å². The smallest absolute Gasteiger partial charge is 0.293 e. The second kappa shape index (κ2) is 10.8. The maximum absolute atomic E-state index is 14.0. The van der Waals surface area contributed by atoms with E-state index in [0.717, 1.165) is 16.7 Å². The third-order valence-corrected chi connectivity index (χ3v) is 6.57. The molecule has 8 nitrogen and oxygen atoms in total. The van der Waals surface area contributed by atoms with Gasteiger partial charge in [0.1, 0.15) is 12.4 Å². The fourth-order valence-corrected chi connectivity index (χ4v) is 4.55. The molecule has 11 heteroatoms. The molecule has 0 bridgehead atoms. The first kappa shape index (κ1) is 25.2. The highest BCUT2D eigenvalue weighted by atomic mass is 35.5. The number of ether oxygens (including phenoxy) is 2. The lowest BCUT2D eigenvalue weighted by molar-refractivity contribution is -0.385. The second-order valence-corrected chi connectivity index (χ2v) is 8.95. The molecule has 3 aromatic rings. The predicted molar refractivity (Wildman–Crippen MR) is 133 cm³/mol. The Bertz CT molecular complexity index is 1380. The molecule has 0 aromatic heterocycles. The highest BCUT2D eigenvalue weighted by molar-refractivity contribution is 8.18. The van der Waals surface area contributed by atoms with Crippen molar-refractivity contribution in [3.8, 4) is 11.5 Å². The summed E-state index contributed by atoms with van der Waals surface area (Å²) in [4.78, 5) is 37.2. The number of thioether (sulfide) groups is 1. The molecule has 1 aliphatic heterocycles. The lowest BCUT2D eigenvalue weighted by atomic mass is 10.1. The van der Waals surface area contributed by atoms with Crippen LogP contribution < -0.4 is 9.47 Å². The lowest BCUT2D eigenvalue weighted by Gasteiger charge is -2.13. The zero-order chi connectivity index (χ0) is 25.8. The number of halogens is 2. The van der Waals surface area contributed by atoms with Crippen LogP contribution in [0.5, 0.6) is 11.5 Å². The van der Waals surface area contributed by atoms with Gasteiger partial charge >= 0.3 is 0 Å². The quantitative estimate of drug-likeness (QED) is 0.195. The van der Waals surface area contributed by atoms with Gasteiger partial charge in [-0.05, 0) is 47.7 Å². The molecule has 184 valence electrons. The number of rotatable bonds is 8. The topological polar surface area (TPSA) is 99.0 Å². The number of hydrogen-bond donors (Lipinski definition) is 0. The van der Waals surface area contributed by atoms with Crippen LogP contribution in [-0.4, -0.2) is 28.1 Å². The highest BCUT2D eigenvalue weighted by Gasteiger charge is 2.36. The van der Waals surface area contributed by atoms with Crippen LogP contribution in [0.1, 0.15) is 16.7 Å². The minimum absolute atomic E-state index is 0.119. The van der Waals surface area contributed by atoms with E-state index in [1.165, 1.54) is 43.5 Å². The van der Waals surface area contributed by atoms with E-state index >= 15 is 0 Å². The molecule has 1 fully saturated rings. The fraction of sp³-hybridized carbons (Fsp3) is 0.120. The lowest BCUT2D eigenvalue weighted by Crippen LogP contribution is -2.27. The van der Waals surface area contributed by atoms with E-state index in [9.17, 15) is 24.1 Å². The van der Waals surface area contributed by atoms with Crippen LogP contribution >= 0.6 is 23.4 Å². The highest BCUT2D eigenvalue weighted by Crippen LogP contribution is 2.36. The van der Waals surface area contributed by atoms with Gasteiger partial charge in [-0.1, -0.05) is 41.9 Å². The van der Waals surface area contributed by atoms with Gasteiger partial charge in [-0.2, -0.15) is 0 Å². The summed E-state index contributed by atoms with van der Waals surface area (Å²) in [5.74, 6) is -0.389. The number of nitrogens with zero attached hydrogens (tertiary/aromatic N) is 2. The first-order chi connectivity index (χ1) is 17.3. The molecule has 0 saturated carbocycles. The maximum atomic E-state index is 14.0. The van der Waals surface area contributed by atoms with Gasteiger partial charge in [0.05, 0.1) is 28.5 Å². The van der Waals surface area contributed by atoms with Crippen LogP contribution in [0.2, 0.25) is 5.02 Å². The number of methoxy groups -OCH3 is 1. The van der Waals surface area contributed by atoms with Gasteiger partial charge in [0.2, 0.25) is 0 Å². The van der Waals surface area contributed by atoms with Crippen molar-refractivity contribution in [2.45, 2.75) is 13.2 Å². The number of para-hydroxylation sites is 1. The summed E-state index contributed by atoms with van der Waals surface area (Å²) in [6.45, 7) is -0.334. The Morgan fingerprint density at radius 2 is 1.89 bits per heavy atom. The Hall–Kier alpha value is -3.89. The van der Waals surface area contributed by atoms with Gasteiger partial charge in [-0.3, -0.25) is 24.6 Å². The number of benzene rings is 3. The Labute approximate surface area is 214 Å². The van der Waals surface area contributed by atoms with E-state index in [0.29, 0.717) is 17.1 Å². The Kier molecular flexibility index (Phi) is 7.56. The Morgan fingerprint density at radius 1 is 1.11 bits per heavy atom. The van der Waals surface area contributed by atoms with Crippen LogP contribution in [0.25, 0.3) is 6.08 Å². The van der Waals surface area contributed by atoms with E-state index in [1.54, 1.807) is 30.3 Å². The Morgan fingerprint density at radius 3 is 2.61 bits per heavy atom. The summed E-state index contributed by atoms with van der Waals surface area (Å²) in [6.07, 6.45) is 1.52. The molecular weight excluding hydrogens is 511 g/mol. The Balaban J connectivity index is 1.52. The van der Waals surface area contributed by atoms with Crippen molar-refractivity contribution >= 4 is 46.3 Å². The molecule has 0 atom stereocenters. The van der Waals surface area contributed by atoms with Gasteiger partial charge in [0, 0.05) is 17.2 Å². The number of carbonyl (C=O) groups is 2. The normalized spacial score (nSPS) is 14.4. The summed E-state index contributed by atoms with van der Waals surface area (Å²) in [7, 11) is 1.43. The summed E-state index contributed by atoms with van der Waals surface area (Å²) in [5, 5.41) is 11.0. The number of nitro groups is 1. The second-order valence-electron chi connectivity index (χ2n) is 7.55. The van der Waals surface area contributed by atoms with Crippen LogP contribution in [0, 0.1) is 15.9 Å². The summed E-state index contributed by atoms with van der Waals surface area (Å²) in [6, 6.07) is 15.1. The standard InChI is InChI=1S/C25H18ClFN2O6S/c1-34-22-11-15(9-10-21(22)35-14-17-18(26)6-4-7-19(17)27)12-23-24(30)28(25(31)36-23)13-16-5-2-3-8-20(16)29(32)33/h2-12H,13-14H2,1H3/b23-12-. The average molecular weight is 529 g/mol. The van der Waals surface area contributed by atoms with E-state index in [2.05, 4.69) is 0 Å². The fourth-order valence-electron chi connectivity index (χ4n) is 3.49. The van der Waals surface area contributed by atoms with Gasteiger partial charge < -0.3 is 9.47 Å². The zero-order valence-corrected chi connectivity index (χ0v) is 20.3. The minimum atomic E-state index is -0.559. The third kappa shape index (κ3) is 5.34. The van der Waals surface area contributed by atoms with E-state index < -0.39 is 21.9 Å². The van der Waals surface area contributed by atoms with Crippen molar-refractivity contribution in [3.63, 3.8) is 0 Å². The maximum Gasteiger partial charge on any atom is 0.293 e. The van der Waals surface area contributed by atoms with Gasteiger partial charge in [-0.25, -0.2) is 4.39 Å². The van der Waals surface area contributed by atoms with Gasteiger partial charge in [0.25, 0.3) is 16.8 Å². The monoisotopic (exact) mass is 528 g/mol. The molecule has 36 heavy (non-hydrogen) atoms. The van der Waals surface area contributed by atoms with E-state index in [-0.39, 0.29) is 39.9 Å². The molecule has 1 aliphatic rings. The van der Waals surface area contributed by atoms with Crippen LogP contribution in [0.3, 0.4) is 0 Å². The van der Waals surface area contributed by atoms with Crippen molar-refractivity contribution in [2.24, 2.45) is 0 Å². The van der Waals surface area contributed by atoms with Crippen LogP contribution in [0.15, 0.2) is 65.6 Å². The molecule has 4 rings (SSSR count). The molecule has 1 saturated heterocycles. The summed E-state index contributed by atoms with van der Waals surface area (Å²) in [5.41, 5.74) is 0.846. The van der Waals surface area contributed by atoms with Crippen molar-refractivity contribution in [1.29, 1.82) is 0 Å². The van der Waals surface area contributed by atoms with Crippen LogP contribution in [0.4, 0.5) is 14.9 Å². The molecule has 3 aromatic carbocycles. The molecule has 0 N–H and O–H groups in total.